The Balaban J connectivity index is 1.94. The number of nitrogen functional groups attached to an aromatic ring is 1. The van der Waals surface area contributed by atoms with Crippen LogP contribution in [-0.4, -0.2) is 55.3 Å². The van der Waals surface area contributed by atoms with E-state index in [1.807, 2.05) is 0 Å². The van der Waals surface area contributed by atoms with Crippen LogP contribution in [0.1, 0.15) is 43.1 Å². The van der Waals surface area contributed by atoms with Crippen molar-refractivity contribution in [2.45, 2.75) is 44.8 Å². The average Bonchev–Trinajstić information content (AvgIpc) is 3.49. The molecule has 0 spiro atoms. The topological polar surface area (TPSA) is 149 Å². The molecule has 2 unspecified atom stereocenters. The molecule has 4 rings (SSSR count). The second kappa shape index (κ2) is 7.51. The number of nitrogens with two attached hydrogens (primary N) is 1. The number of nitrogens with zero attached hydrogens (tertiary/aromatic N) is 3. The Morgan fingerprint density at radius 3 is 2.19 bits per heavy atom. The van der Waals surface area contributed by atoms with Gasteiger partial charge in [-0.1, -0.05) is 0 Å². The number of carbonyl (C=O) groups is 1. The molecule has 1 aromatic carbocycles. The Morgan fingerprint density at radius 1 is 1.16 bits per heavy atom. The summed E-state index contributed by atoms with van der Waals surface area (Å²) in [6, 6.07) is -1.72. The van der Waals surface area contributed by atoms with E-state index in [0.717, 1.165) is 10.9 Å². The summed E-state index contributed by atoms with van der Waals surface area (Å²) in [6.45, 7) is 2.85. The lowest BCUT2D eigenvalue weighted by Gasteiger charge is -2.45. The first kappa shape index (κ1) is 22.7. The predicted octanol–water partition coefficient (Wildman–Crippen LogP) is 1.89. The maximum atomic E-state index is 15.8. The number of fused-ring (bicyclic) bond motifs is 1. The minimum atomic E-state index is -4.58. The fourth-order valence-electron chi connectivity index (χ4n) is 4.63. The molecular formula is C19H23F2N4O6P. The van der Waals surface area contributed by atoms with Crippen molar-refractivity contribution in [2.75, 3.05) is 23.7 Å². The highest BCUT2D eigenvalue weighted by Gasteiger charge is 2.42. The molecule has 2 fully saturated rings. The highest BCUT2D eigenvalue weighted by Crippen LogP contribution is 2.47. The lowest BCUT2D eigenvalue weighted by Crippen LogP contribution is -2.55. The number of halogens is 2. The molecule has 1 aliphatic carbocycles. The quantitative estimate of drug-likeness (QED) is 0.386. The predicted molar refractivity (Wildman–Crippen MR) is 113 cm³/mol. The van der Waals surface area contributed by atoms with Gasteiger partial charge in [-0.25, -0.2) is 18.1 Å². The van der Waals surface area contributed by atoms with E-state index in [0.29, 0.717) is 12.8 Å². The summed E-state index contributed by atoms with van der Waals surface area (Å²) in [4.78, 5) is 44.8. The third kappa shape index (κ3) is 3.47. The van der Waals surface area contributed by atoms with Gasteiger partial charge in [0.15, 0.2) is 11.6 Å². The minimum absolute atomic E-state index is 0.102. The van der Waals surface area contributed by atoms with Crippen LogP contribution in [0.2, 0.25) is 0 Å². The maximum Gasteiger partial charge on any atom is 0.403 e. The normalized spacial score (nSPS) is 22.5. The van der Waals surface area contributed by atoms with Crippen molar-refractivity contribution in [3.63, 3.8) is 0 Å². The van der Waals surface area contributed by atoms with Gasteiger partial charge in [-0.15, -0.1) is 0 Å². The van der Waals surface area contributed by atoms with E-state index < -0.39 is 65.2 Å². The fraction of sp³-hybridized carbons (Fsp3) is 0.474. The average molecular weight is 472 g/mol. The van der Waals surface area contributed by atoms with Crippen LogP contribution in [-0.2, 0) is 4.57 Å². The second-order valence-corrected chi connectivity index (χ2v) is 9.91. The van der Waals surface area contributed by atoms with Gasteiger partial charge in [0, 0.05) is 37.4 Å². The number of benzene rings is 1. The molecule has 10 nitrogen and oxygen atoms in total. The molecule has 32 heavy (non-hydrogen) atoms. The second-order valence-electron chi connectivity index (χ2n) is 8.43. The van der Waals surface area contributed by atoms with Crippen LogP contribution in [0.4, 0.5) is 20.2 Å². The van der Waals surface area contributed by atoms with Gasteiger partial charge in [0.1, 0.15) is 11.3 Å². The van der Waals surface area contributed by atoms with Gasteiger partial charge in [-0.3, -0.25) is 4.79 Å². The van der Waals surface area contributed by atoms with E-state index in [-0.39, 0.29) is 24.6 Å². The molecule has 2 atom stereocenters. The molecule has 1 saturated carbocycles. The van der Waals surface area contributed by atoms with E-state index in [9.17, 15) is 29.0 Å². The van der Waals surface area contributed by atoms with E-state index in [1.165, 1.54) is 23.3 Å². The molecule has 1 aliphatic heterocycles. The van der Waals surface area contributed by atoms with E-state index in [4.69, 9.17) is 5.73 Å². The summed E-state index contributed by atoms with van der Waals surface area (Å²) in [5, 5.41) is 8.85. The van der Waals surface area contributed by atoms with E-state index in [2.05, 4.69) is 0 Å². The highest BCUT2D eigenvalue weighted by molar-refractivity contribution is 7.49. The molecule has 2 heterocycles. The number of hydrogen-bond donors (Lipinski definition) is 4. The first-order chi connectivity index (χ1) is 14.8. The Bertz CT molecular complexity index is 1230. The number of piperazine rings is 1. The third-order valence-corrected chi connectivity index (χ3v) is 7.41. The van der Waals surface area contributed by atoms with Crippen molar-refractivity contribution >= 4 is 36.0 Å². The Kier molecular flexibility index (Phi) is 5.32. The largest absolute Gasteiger partial charge is 0.477 e. The van der Waals surface area contributed by atoms with Gasteiger partial charge in [0.2, 0.25) is 5.43 Å². The summed E-state index contributed by atoms with van der Waals surface area (Å²) in [5.74, 6) is -3.79. The monoisotopic (exact) mass is 472 g/mol. The summed E-state index contributed by atoms with van der Waals surface area (Å²) in [6.07, 6.45) is 2.34. The zero-order valence-electron chi connectivity index (χ0n) is 17.3. The first-order valence-electron chi connectivity index (χ1n) is 10.0. The summed E-state index contributed by atoms with van der Waals surface area (Å²) in [5.41, 5.74) is 2.79. The molecule has 13 heteroatoms. The molecule has 0 radical (unpaired) electrons. The summed E-state index contributed by atoms with van der Waals surface area (Å²) >= 11 is 0. The number of carboxylic acid groups (broad SMARTS) is 1. The Labute approximate surface area is 181 Å². The third-order valence-electron chi connectivity index (χ3n) is 6.02. The van der Waals surface area contributed by atoms with Crippen LogP contribution in [0.25, 0.3) is 10.9 Å². The SMILES string of the molecule is CC1CN(c2c(F)c(N)c3c(=O)c(C(=O)O)cn(C4CC4)c3c2F)CC(C)N1P(=O)(O)O. The number of anilines is 2. The van der Waals surface area contributed by atoms with Crippen LogP contribution in [0.5, 0.6) is 0 Å². The number of aromatic carboxylic acids is 1. The van der Waals surface area contributed by atoms with Crippen LogP contribution in [0, 0.1) is 11.6 Å². The summed E-state index contributed by atoms with van der Waals surface area (Å²) in [7, 11) is -4.58. The maximum absolute atomic E-state index is 15.8. The van der Waals surface area contributed by atoms with Crippen molar-refractivity contribution in [1.82, 2.24) is 9.24 Å². The smallest absolute Gasteiger partial charge is 0.403 e. The number of rotatable bonds is 4. The van der Waals surface area contributed by atoms with Crippen molar-refractivity contribution in [3.8, 4) is 0 Å². The van der Waals surface area contributed by atoms with Crippen LogP contribution < -0.4 is 16.1 Å². The van der Waals surface area contributed by atoms with Gasteiger partial charge in [-0.05, 0) is 26.7 Å². The number of hydrogen-bond acceptors (Lipinski definition) is 5. The zero-order chi connectivity index (χ0) is 23.7. The standard InChI is InChI=1S/C19H23F2N4O6P/c1-8-5-23(6-9(2)25(8)32(29,30)31)17-13(20)15(22)12-16(14(17)21)24(10-3-4-10)7-11(18(12)26)19(27)28/h7-10H,3-6,22H2,1-2H3,(H,27,28)(H2,29,30,31). The molecule has 1 saturated heterocycles. The van der Waals surface area contributed by atoms with Crippen molar-refractivity contribution in [2.24, 2.45) is 0 Å². The fourth-order valence-corrected chi connectivity index (χ4v) is 5.81. The number of aromatic nitrogens is 1. The highest BCUT2D eigenvalue weighted by atomic mass is 31.2. The molecule has 2 aliphatic rings. The minimum Gasteiger partial charge on any atom is -0.477 e. The van der Waals surface area contributed by atoms with Crippen molar-refractivity contribution in [1.29, 1.82) is 0 Å². The molecule has 174 valence electrons. The molecule has 0 bridgehead atoms. The van der Waals surface area contributed by atoms with Crippen LogP contribution >= 0.6 is 7.75 Å². The van der Waals surface area contributed by atoms with Gasteiger partial charge in [0.25, 0.3) is 0 Å². The van der Waals surface area contributed by atoms with E-state index >= 15 is 8.78 Å². The molecule has 0 amide bonds. The molecule has 1 aromatic heterocycles. The number of pyridine rings is 1. The lowest BCUT2D eigenvalue weighted by molar-refractivity contribution is 0.0694. The molecule has 5 N–H and O–H groups in total. The Morgan fingerprint density at radius 2 is 1.72 bits per heavy atom. The van der Waals surface area contributed by atoms with Crippen molar-refractivity contribution < 1.29 is 33.0 Å². The van der Waals surface area contributed by atoms with Crippen LogP contribution in [0.15, 0.2) is 11.0 Å². The summed E-state index contributed by atoms with van der Waals surface area (Å²) < 4.78 is 45.3. The van der Waals surface area contributed by atoms with Crippen LogP contribution in [0.3, 0.4) is 0 Å². The van der Waals surface area contributed by atoms with Gasteiger partial charge < -0.3 is 30.1 Å². The Hall–Kier alpha value is -2.53. The molecular weight excluding hydrogens is 449 g/mol. The van der Waals surface area contributed by atoms with Crippen molar-refractivity contribution in [3.05, 3.63) is 33.6 Å². The van der Waals surface area contributed by atoms with E-state index in [1.54, 1.807) is 0 Å². The van der Waals surface area contributed by atoms with Gasteiger partial charge in [-0.2, -0.15) is 4.67 Å². The zero-order valence-corrected chi connectivity index (χ0v) is 18.2. The van der Waals surface area contributed by atoms with Gasteiger partial charge in [0.05, 0.1) is 16.6 Å². The number of carboxylic acids is 1. The molecule has 2 aromatic rings. The first-order valence-corrected chi connectivity index (χ1v) is 11.6. The lowest BCUT2D eigenvalue weighted by atomic mass is 10.0. The van der Waals surface area contributed by atoms with Gasteiger partial charge >= 0.3 is 13.7 Å².